The summed E-state index contributed by atoms with van der Waals surface area (Å²) in [6, 6.07) is 17.3. The van der Waals surface area contributed by atoms with Gasteiger partial charge in [-0.2, -0.15) is 5.10 Å². The topological polar surface area (TPSA) is 72.2 Å². The Hall–Kier alpha value is -2.64. The zero-order chi connectivity index (χ0) is 20.6. The summed E-state index contributed by atoms with van der Waals surface area (Å²) in [6.07, 6.45) is 1.74. The lowest BCUT2D eigenvalue weighted by molar-refractivity contribution is -0.118. The lowest BCUT2D eigenvalue weighted by Crippen LogP contribution is -2.22. The van der Waals surface area contributed by atoms with Crippen molar-refractivity contribution in [2.75, 3.05) is 5.75 Å². The molecule has 29 heavy (non-hydrogen) atoms. The number of amides is 1. The Morgan fingerprint density at radius 3 is 2.69 bits per heavy atom. The second kappa shape index (κ2) is 10.2. The summed E-state index contributed by atoms with van der Waals surface area (Å²) < 4.78 is 1.85. The fourth-order valence-corrected chi connectivity index (χ4v) is 3.64. The van der Waals surface area contributed by atoms with Crippen molar-refractivity contribution in [3.05, 3.63) is 65.2 Å². The van der Waals surface area contributed by atoms with E-state index in [2.05, 4.69) is 27.6 Å². The number of aromatic nitrogens is 3. The Labute approximate surface area is 179 Å². The number of thioether (sulfide) groups is 1. The summed E-state index contributed by atoms with van der Waals surface area (Å²) in [5.41, 5.74) is 5.41. The molecule has 0 spiro atoms. The average Bonchev–Trinajstić information content (AvgIpc) is 3.10. The summed E-state index contributed by atoms with van der Waals surface area (Å²) in [7, 11) is 1.86. The average molecular weight is 428 g/mol. The van der Waals surface area contributed by atoms with Crippen molar-refractivity contribution in [2.45, 2.75) is 24.9 Å². The molecule has 1 N–H and O–H groups in total. The van der Waals surface area contributed by atoms with E-state index in [1.165, 1.54) is 11.8 Å². The van der Waals surface area contributed by atoms with Gasteiger partial charge in [0, 0.05) is 17.6 Å². The molecule has 0 atom stereocenters. The minimum absolute atomic E-state index is 0.188. The van der Waals surface area contributed by atoms with E-state index in [-0.39, 0.29) is 11.7 Å². The molecule has 3 rings (SSSR count). The van der Waals surface area contributed by atoms with Crippen molar-refractivity contribution >= 4 is 35.0 Å². The third kappa shape index (κ3) is 5.68. The number of carbonyl (C=O) groups excluding carboxylic acids is 1. The van der Waals surface area contributed by atoms with Gasteiger partial charge in [-0.05, 0) is 24.1 Å². The molecule has 2 aromatic carbocycles. The summed E-state index contributed by atoms with van der Waals surface area (Å²) in [6.45, 7) is 2.09. The number of hydrogen-bond acceptors (Lipinski definition) is 5. The number of halogens is 1. The van der Waals surface area contributed by atoms with Gasteiger partial charge >= 0.3 is 0 Å². The number of nitrogens with zero attached hydrogens (tertiary/aromatic N) is 4. The first-order valence-corrected chi connectivity index (χ1v) is 10.6. The summed E-state index contributed by atoms with van der Waals surface area (Å²) >= 11 is 7.37. The quantitative estimate of drug-likeness (QED) is 0.325. The molecular weight excluding hydrogens is 406 g/mol. The van der Waals surface area contributed by atoms with Crippen molar-refractivity contribution < 1.29 is 4.79 Å². The molecular formula is C21H22ClN5OS. The van der Waals surface area contributed by atoms with Gasteiger partial charge in [-0.25, -0.2) is 5.43 Å². The van der Waals surface area contributed by atoms with Crippen molar-refractivity contribution in [2.24, 2.45) is 12.1 Å². The highest BCUT2D eigenvalue weighted by atomic mass is 35.5. The van der Waals surface area contributed by atoms with E-state index in [4.69, 9.17) is 11.6 Å². The minimum atomic E-state index is -0.188. The van der Waals surface area contributed by atoms with Crippen LogP contribution in [0, 0.1) is 0 Å². The lowest BCUT2D eigenvalue weighted by Gasteiger charge is -2.07. The fraction of sp³-hybridized carbons (Fsp3) is 0.238. The molecule has 0 radical (unpaired) electrons. The van der Waals surface area contributed by atoms with E-state index >= 15 is 0 Å². The number of benzene rings is 2. The summed E-state index contributed by atoms with van der Waals surface area (Å²) in [5.74, 6) is 0.703. The number of nitrogens with one attached hydrogen (secondary N) is 1. The van der Waals surface area contributed by atoms with Gasteiger partial charge in [0.05, 0.1) is 11.5 Å². The van der Waals surface area contributed by atoms with Gasteiger partial charge in [0.2, 0.25) is 0 Å². The van der Waals surface area contributed by atoms with Crippen LogP contribution >= 0.6 is 23.4 Å². The van der Waals surface area contributed by atoms with E-state index in [0.29, 0.717) is 16.0 Å². The van der Waals surface area contributed by atoms with E-state index in [9.17, 15) is 4.79 Å². The molecule has 1 aromatic heterocycles. The van der Waals surface area contributed by atoms with Gasteiger partial charge < -0.3 is 4.57 Å². The molecule has 1 heterocycles. The van der Waals surface area contributed by atoms with Crippen molar-refractivity contribution in [1.29, 1.82) is 0 Å². The molecule has 0 saturated heterocycles. The zero-order valence-electron chi connectivity index (χ0n) is 16.3. The van der Waals surface area contributed by atoms with E-state index in [1.54, 1.807) is 0 Å². The van der Waals surface area contributed by atoms with Crippen LogP contribution in [0.5, 0.6) is 0 Å². The maximum atomic E-state index is 12.3. The van der Waals surface area contributed by atoms with Crippen LogP contribution in [0.1, 0.15) is 25.3 Å². The third-order valence-electron chi connectivity index (χ3n) is 4.16. The first kappa shape index (κ1) is 21.1. The number of hydrogen-bond donors (Lipinski definition) is 1. The molecule has 0 saturated carbocycles. The van der Waals surface area contributed by atoms with Crippen LogP contribution in [0.3, 0.4) is 0 Å². The Kier molecular flexibility index (Phi) is 7.43. The summed E-state index contributed by atoms with van der Waals surface area (Å²) in [4.78, 5) is 12.3. The van der Waals surface area contributed by atoms with Crippen molar-refractivity contribution in [1.82, 2.24) is 20.2 Å². The van der Waals surface area contributed by atoms with E-state index in [0.717, 1.165) is 29.7 Å². The summed E-state index contributed by atoms with van der Waals surface area (Å²) in [5, 5.41) is 14.0. The minimum Gasteiger partial charge on any atom is -0.305 e. The highest BCUT2D eigenvalue weighted by Crippen LogP contribution is 2.24. The molecule has 0 aliphatic heterocycles. The van der Waals surface area contributed by atoms with E-state index in [1.807, 2.05) is 66.2 Å². The Morgan fingerprint density at radius 2 is 1.97 bits per heavy atom. The maximum absolute atomic E-state index is 12.3. The SMILES string of the molecule is CCC/C(=N\NC(=O)CSc1nnc(-c2cccc(Cl)c2)n1C)c1ccccc1. The monoisotopic (exact) mass is 427 g/mol. The zero-order valence-corrected chi connectivity index (χ0v) is 17.9. The predicted molar refractivity (Wildman–Crippen MR) is 118 cm³/mol. The van der Waals surface area contributed by atoms with Crippen molar-refractivity contribution in [3.8, 4) is 11.4 Å². The van der Waals surface area contributed by atoms with Crippen LogP contribution in [-0.2, 0) is 11.8 Å². The van der Waals surface area contributed by atoms with Gasteiger partial charge in [-0.3, -0.25) is 4.79 Å². The smallest absolute Gasteiger partial charge is 0.250 e. The second-order valence-corrected chi connectivity index (χ2v) is 7.75. The highest BCUT2D eigenvalue weighted by molar-refractivity contribution is 7.99. The fourth-order valence-electron chi connectivity index (χ4n) is 2.74. The van der Waals surface area contributed by atoms with E-state index < -0.39 is 0 Å². The molecule has 0 aliphatic rings. The standard InChI is InChI=1S/C21H22ClN5OS/c1-3-8-18(15-9-5-4-6-10-15)23-24-19(28)14-29-21-26-25-20(27(21)2)16-11-7-12-17(22)13-16/h4-7,9-13H,3,8,14H2,1-2H3,(H,24,28)/b23-18+. The van der Waals surface area contributed by atoms with Crippen LogP contribution in [0.2, 0.25) is 5.02 Å². The molecule has 0 fully saturated rings. The van der Waals surface area contributed by atoms with Gasteiger partial charge in [-0.15, -0.1) is 10.2 Å². The second-order valence-electron chi connectivity index (χ2n) is 6.37. The maximum Gasteiger partial charge on any atom is 0.250 e. The van der Waals surface area contributed by atoms with Crippen LogP contribution in [0.25, 0.3) is 11.4 Å². The van der Waals surface area contributed by atoms with Crippen LogP contribution in [0.4, 0.5) is 0 Å². The van der Waals surface area contributed by atoms with Crippen LogP contribution < -0.4 is 5.43 Å². The highest BCUT2D eigenvalue weighted by Gasteiger charge is 2.13. The number of rotatable bonds is 8. The van der Waals surface area contributed by atoms with Crippen molar-refractivity contribution in [3.63, 3.8) is 0 Å². The van der Waals surface area contributed by atoms with Gasteiger partial charge in [-0.1, -0.05) is 79.2 Å². The molecule has 1 amide bonds. The van der Waals surface area contributed by atoms with Gasteiger partial charge in [0.25, 0.3) is 5.91 Å². The molecule has 0 bridgehead atoms. The molecule has 0 unspecified atom stereocenters. The van der Waals surface area contributed by atoms with Gasteiger partial charge in [0.1, 0.15) is 0 Å². The van der Waals surface area contributed by atoms with Gasteiger partial charge in [0.15, 0.2) is 11.0 Å². The van der Waals surface area contributed by atoms with Crippen LogP contribution in [-0.4, -0.2) is 32.1 Å². The molecule has 8 heteroatoms. The Morgan fingerprint density at radius 1 is 1.17 bits per heavy atom. The molecule has 150 valence electrons. The normalized spacial score (nSPS) is 11.5. The lowest BCUT2D eigenvalue weighted by atomic mass is 10.1. The van der Waals surface area contributed by atoms with Crippen LogP contribution in [0.15, 0.2) is 64.9 Å². The third-order valence-corrected chi connectivity index (χ3v) is 5.41. The first-order valence-electron chi connectivity index (χ1n) is 9.27. The largest absolute Gasteiger partial charge is 0.305 e. The predicted octanol–water partition coefficient (Wildman–Crippen LogP) is 4.55. The number of hydrazone groups is 1. The Balaban J connectivity index is 1.62. The number of carbonyl (C=O) groups is 1. The molecule has 3 aromatic rings. The molecule has 0 aliphatic carbocycles. The Bertz CT molecular complexity index is 1000. The molecule has 6 nitrogen and oxygen atoms in total. The first-order chi connectivity index (χ1) is 14.1.